The first kappa shape index (κ1) is 29.1. The number of nitrogens with zero attached hydrogens (tertiary/aromatic N) is 7. The van der Waals surface area contributed by atoms with E-state index in [1.165, 1.54) is 0 Å². The van der Waals surface area contributed by atoms with Crippen LogP contribution in [0.2, 0.25) is 0 Å². The normalized spacial score (nSPS) is 19.6. The molecule has 4 N–H and O–H groups in total. The number of amides is 2. The van der Waals surface area contributed by atoms with Gasteiger partial charge in [-0.2, -0.15) is 15.3 Å². The second-order valence-electron chi connectivity index (χ2n) is 11.4. The summed E-state index contributed by atoms with van der Waals surface area (Å²) in [5.41, 5.74) is 3.39. The minimum Gasteiger partial charge on any atom is -0.365 e. The Morgan fingerprint density at radius 1 is 1.00 bits per heavy atom. The second kappa shape index (κ2) is 13.5. The van der Waals surface area contributed by atoms with Gasteiger partial charge in [-0.1, -0.05) is 30.3 Å². The Hall–Kier alpha value is -5.02. The highest BCUT2D eigenvalue weighted by molar-refractivity contribution is 5.91. The SMILES string of the molecule is Cn1cc(-c2ccc(N(C(=O)NCc3ccccc3)[C@H]3CC[C@H](Nc4ncc(C#N)c(NC5CCNC5)n4)CC3)nc2)cn1. The lowest BCUT2D eigenvalue weighted by atomic mass is 9.90. The molecule has 2 aliphatic rings. The van der Waals surface area contributed by atoms with Gasteiger partial charge in [0.2, 0.25) is 5.95 Å². The number of urea groups is 1. The van der Waals surface area contributed by atoms with Gasteiger partial charge < -0.3 is 21.3 Å². The number of aromatic nitrogens is 5. The second-order valence-corrected chi connectivity index (χ2v) is 11.4. The molecule has 2 amide bonds. The van der Waals surface area contributed by atoms with E-state index in [2.05, 4.69) is 42.4 Å². The molecule has 44 heavy (non-hydrogen) atoms. The minimum absolute atomic E-state index is 0.0189. The van der Waals surface area contributed by atoms with Crippen molar-refractivity contribution in [2.24, 2.45) is 7.05 Å². The van der Waals surface area contributed by atoms with E-state index in [0.717, 1.165) is 61.9 Å². The number of rotatable bonds is 9. The third kappa shape index (κ3) is 6.95. The highest BCUT2D eigenvalue weighted by atomic mass is 16.2. The van der Waals surface area contributed by atoms with Crippen molar-refractivity contribution in [1.29, 1.82) is 5.26 Å². The van der Waals surface area contributed by atoms with Crippen molar-refractivity contribution in [3.8, 4) is 17.2 Å². The molecule has 12 heteroatoms. The number of anilines is 3. The molecule has 226 valence electrons. The van der Waals surface area contributed by atoms with Gasteiger partial charge in [0.25, 0.3) is 0 Å². The first-order valence-corrected chi connectivity index (χ1v) is 15.1. The summed E-state index contributed by atoms with van der Waals surface area (Å²) in [7, 11) is 1.88. The zero-order valence-corrected chi connectivity index (χ0v) is 24.8. The summed E-state index contributed by atoms with van der Waals surface area (Å²) in [4.78, 5) is 29.3. The van der Waals surface area contributed by atoms with Crippen molar-refractivity contribution in [3.05, 3.63) is 78.4 Å². The molecule has 0 bridgehead atoms. The topological polar surface area (TPSA) is 149 Å². The van der Waals surface area contributed by atoms with Crippen molar-refractivity contribution in [1.82, 2.24) is 35.4 Å². The molecular weight excluding hydrogens is 554 g/mol. The summed E-state index contributed by atoms with van der Waals surface area (Å²) in [5, 5.41) is 27.1. The van der Waals surface area contributed by atoms with Crippen LogP contribution in [0.25, 0.3) is 11.1 Å². The summed E-state index contributed by atoms with van der Waals surface area (Å²) in [6.07, 6.45) is 11.3. The summed E-state index contributed by atoms with van der Waals surface area (Å²) in [5.74, 6) is 1.69. The number of hydrogen-bond donors (Lipinski definition) is 4. The molecule has 0 radical (unpaired) electrons. The fraction of sp³-hybridized carbons (Fsp3) is 0.375. The maximum absolute atomic E-state index is 13.7. The number of benzene rings is 1. The number of carbonyl (C=O) groups is 1. The number of pyridine rings is 1. The van der Waals surface area contributed by atoms with Crippen molar-refractivity contribution in [2.75, 3.05) is 28.6 Å². The highest BCUT2D eigenvalue weighted by Crippen LogP contribution is 2.30. The van der Waals surface area contributed by atoms with Crippen LogP contribution in [0, 0.1) is 11.3 Å². The Bertz CT molecular complexity index is 1580. The molecule has 3 aromatic heterocycles. The van der Waals surface area contributed by atoms with Gasteiger partial charge in [0.15, 0.2) is 0 Å². The molecule has 1 aliphatic heterocycles. The molecule has 4 aromatic rings. The molecule has 1 saturated carbocycles. The van der Waals surface area contributed by atoms with E-state index in [1.54, 1.807) is 23.3 Å². The van der Waals surface area contributed by atoms with Crippen molar-refractivity contribution < 1.29 is 4.79 Å². The van der Waals surface area contributed by atoms with E-state index < -0.39 is 0 Å². The minimum atomic E-state index is -0.167. The molecule has 6 rings (SSSR count). The molecular formula is C32H37N11O. The summed E-state index contributed by atoms with van der Waals surface area (Å²) in [6.45, 7) is 2.23. The quantitative estimate of drug-likeness (QED) is 0.226. The highest BCUT2D eigenvalue weighted by Gasteiger charge is 2.31. The molecule has 1 unspecified atom stereocenters. The molecule has 4 heterocycles. The monoisotopic (exact) mass is 591 g/mol. The van der Waals surface area contributed by atoms with Crippen LogP contribution in [0.5, 0.6) is 0 Å². The van der Waals surface area contributed by atoms with Crippen LogP contribution in [0.3, 0.4) is 0 Å². The van der Waals surface area contributed by atoms with Gasteiger partial charge >= 0.3 is 6.03 Å². The zero-order chi connectivity index (χ0) is 30.3. The van der Waals surface area contributed by atoms with Crippen molar-refractivity contribution in [2.45, 2.75) is 56.8 Å². The van der Waals surface area contributed by atoms with E-state index in [-0.39, 0.29) is 24.2 Å². The summed E-state index contributed by atoms with van der Waals surface area (Å²) < 4.78 is 1.76. The Morgan fingerprint density at radius 2 is 1.84 bits per heavy atom. The fourth-order valence-electron chi connectivity index (χ4n) is 5.86. The molecule has 1 saturated heterocycles. The number of aryl methyl sites for hydroxylation is 1. The fourth-order valence-corrected chi connectivity index (χ4v) is 5.86. The van der Waals surface area contributed by atoms with E-state index in [1.807, 2.05) is 60.6 Å². The largest absolute Gasteiger partial charge is 0.365 e. The zero-order valence-electron chi connectivity index (χ0n) is 24.8. The number of nitrogens with one attached hydrogen (secondary N) is 4. The molecule has 1 aliphatic carbocycles. The predicted octanol–water partition coefficient (Wildman–Crippen LogP) is 4.06. The maximum atomic E-state index is 13.7. The Kier molecular flexibility index (Phi) is 8.93. The lowest BCUT2D eigenvalue weighted by Gasteiger charge is -2.36. The van der Waals surface area contributed by atoms with Gasteiger partial charge in [0.1, 0.15) is 23.3 Å². The molecule has 0 spiro atoms. The van der Waals surface area contributed by atoms with E-state index >= 15 is 0 Å². The van der Waals surface area contributed by atoms with E-state index in [4.69, 9.17) is 4.98 Å². The number of hydrogen-bond acceptors (Lipinski definition) is 9. The third-order valence-corrected chi connectivity index (χ3v) is 8.24. The lowest BCUT2D eigenvalue weighted by molar-refractivity contribution is 0.240. The van der Waals surface area contributed by atoms with Crippen LogP contribution in [-0.2, 0) is 13.6 Å². The van der Waals surface area contributed by atoms with Crippen molar-refractivity contribution in [3.63, 3.8) is 0 Å². The number of nitriles is 1. The Labute approximate surface area is 256 Å². The summed E-state index contributed by atoms with van der Waals surface area (Å²) in [6, 6.07) is 16.2. The van der Waals surface area contributed by atoms with Crippen LogP contribution in [0.4, 0.5) is 22.4 Å². The maximum Gasteiger partial charge on any atom is 0.323 e. The first-order valence-electron chi connectivity index (χ1n) is 15.1. The van der Waals surface area contributed by atoms with Gasteiger partial charge in [0, 0.05) is 61.8 Å². The van der Waals surface area contributed by atoms with Gasteiger partial charge in [-0.3, -0.25) is 9.58 Å². The Morgan fingerprint density at radius 3 is 2.52 bits per heavy atom. The molecule has 12 nitrogen and oxygen atoms in total. The average Bonchev–Trinajstić information content (AvgIpc) is 3.74. The van der Waals surface area contributed by atoms with E-state index in [0.29, 0.717) is 29.7 Å². The van der Waals surface area contributed by atoms with Crippen LogP contribution in [0.15, 0.2) is 67.3 Å². The van der Waals surface area contributed by atoms with Crippen LogP contribution < -0.4 is 26.2 Å². The lowest BCUT2D eigenvalue weighted by Crippen LogP contribution is -2.49. The average molecular weight is 592 g/mol. The predicted molar refractivity (Wildman–Crippen MR) is 169 cm³/mol. The smallest absolute Gasteiger partial charge is 0.323 e. The van der Waals surface area contributed by atoms with E-state index in [9.17, 15) is 10.1 Å². The van der Waals surface area contributed by atoms with Crippen LogP contribution >= 0.6 is 0 Å². The molecule has 2 fully saturated rings. The van der Waals surface area contributed by atoms with Crippen LogP contribution in [0.1, 0.15) is 43.2 Å². The van der Waals surface area contributed by atoms with Gasteiger partial charge in [-0.05, 0) is 56.3 Å². The van der Waals surface area contributed by atoms with Crippen molar-refractivity contribution >= 4 is 23.6 Å². The first-order chi connectivity index (χ1) is 21.6. The molecule has 1 aromatic carbocycles. The van der Waals surface area contributed by atoms with Gasteiger partial charge in [-0.15, -0.1) is 0 Å². The molecule has 1 atom stereocenters. The van der Waals surface area contributed by atoms with Gasteiger partial charge in [0.05, 0.1) is 12.4 Å². The Balaban J connectivity index is 1.14. The van der Waals surface area contributed by atoms with Gasteiger partial charge in [-0.25, -0.2) is 14.8 Å². The van der Waals surface area contributed by atoms with Crippen LogP contribution in [-0.4, -0.2) is 62.0 Å². The summed E-state index contributed by atoms with van der Waals surface area (Å²) >= 11 is 0. The number of carbonyl (C=O) groups excluding carboxylic acids is 1. The third-order valence-electron chi connectivity index (χ3n) is 8.24. The standard InChI is InChI=1S/C32H37N11O/c1-42-21-25(19-38-42)23-7-12-29(35-17-23)43(32(44)37-16-22-5-3-2-4-6-22)28-10-8-26(9-11-28)40-31-36-18-24(15-33)30(41-31)39-27-13-14-34-20-27/h2-7,12,17-19,21,26-28,34H,8-11,13-14,16,20H2,1H3,(H,37,44)(H2,36,39,40,41)/t26-,27?,28-.